The Kier molecular flexibility index (Phi) is 7.10. The van der Waals surface area contributed by atoms with Crippen molar-refractivity contribution < 1.29 is 9.53 Å². The van der Waals surface area contributed by atoms with Crippen LogP contribution in [0, 0.1) is 6.92 Å². The number of benzene rings is 1. The molecule has 0 saturated heterocycles. The summed E-state index contributed by atoms with van der Waals surface area (Å²) in [5.41, 5.74) is 3.90. The summed E-state index contributed by atoms with van der Waals surface area (Å²) in [5, 5.41) is 1.73. The molecule has 0 aliphatic heterocycles. The highest BCUT2D eigenvalue weighted by Gasteiger charge is 2.25. The normalized spacial score (nSPS) is 13.2. The number of nitrogens with zero attached hydrogens (tertiary/aromatic N) is 1. The highest BCUT2D eigenvalue weighted by Crippen LogP contribution is 2.34. The van der Waals surface area contributed by atoms with Gasteiger partial charge in [0.25, 0.3) is 0 Å². The Morgan fingerprint density at radius 2 is 2.19 bits per heavy atom. The second kappa shape index (κ2) is 9.30. The van der Waals surface area contributed by atoms with E-state index in [2.05, 4.69) is 11.6 Å². The summed E-state index contributed by atoms with van der Waals surface area (Å²) in [5.74, 6) is 0. The zero-order valence-corrected chi connectivity index (χ0v) is 16.2. The molecule has 1 aromatic carbocycles. The SMILES string of the molecule is C=C/C(=C\C=C\OCC)C(c1[nH]c2ccc(Cl)cc2c1C)N(C=O)CC. The van der Waals surface area contributed by atoms with Gasteiger partial charge in [0, 0.05) is 28.2 Å². The van der Waals surface area contributed by atoms with Crippen LogP contribution in [0.4, 0.5) is 0 Å². The topological polar surface area (TPSA) is 45.3 Å². The number of hydrogen-bond donors (Lipinski definition) is 1. The van der Waals surface area contributed by atoms with E-state index in [1.807, 2.05) is 51.1 Å². The summed E-state index contributed by atoms with van der Waals surface area (Å²) in [7, 11) is 0. The second-order valence-electron chi connectivity index (χ2n) is 5.85. The summed E-state index contributed by atoms with van der Waals surface area (Å²) in [6.45, 7) is 11.0. The van der Waals surface area contributed by atoms with Gasteiger partial charge < -0.3 is 14.6 Å². The van der Waals surface area contributed by atoms with E-state index in [1.165, 1.54) is 0 Å². The van der Waals surface area contributed by atoms with Gasteiger partial charge in [-0.2, -0.15) is 0 Å². The predicted octanol–water partition coefficient (Wildman–Crippen LogP) is 5.31. The Hall–Kier alpha value is -2.46. The van der Waals surface area contributed by atoms with Crippen molar-refractivity contribution in [2.24, 2.45) is 0 Å². The average molecular weight is 373 g/mol. The van der Waals surface area contributed by atoms with E-state index in [-0.39, 0.29) is 6.04 Å². The lowest BCUT2D eigenvalue weighted by atomic mass is 9.98. The van der Waals surface area contributed by atoms with Crippen molar-refractivity contribution in [3.05, 3.63) is 71.1 Å². The first-order valence-electron chi connectivity index (χ1n) is 8.66. The Bertz CT molecular complexity index is 836. The molecule has 1 unspecified atom stereocenters. The van der Waals surface area contributed by atoms with E-state index in [1.54, 1.807) is 17.2 Å². The van der Waals surface area contributed by atoms with Crippen LogP contribution in [-0.4, -0.2) is 29.4 Å². The van der Waals surface area contributed by atoms with Gasteiger partial charge in [0.15, 0.2) is 0 Å². The second-order valence-corrected chi connectivity index (χ2v) is 6.28. The van der Waals surface area contributed by atoms with Crippen LogP contribution in [0.2, 0.25) is 5.02 Å². The maximum atomic E-state index is 11.7. The minimum absolute atomic E-state index is 0.271. The van der Waals surface area contributed by atoms with Crippen LogP contribution in [0.5, 0.6) is 0 Å². The molecule has 4 nitrogen and oxygen atoms in total. The number of aromatic amines is 1. The Labute approximate surface area is 159 Å². The third kappa shape index (κ3) is 4.20. The van der Waals surface area contributed by atoms with Crippen molar-refractivity contribution in [3.63, 3.8) is 0 Å². The molecule has 0 bridgehead atoms. The number of carbonyl (C=O) groups is 1. The molecule has 1 atom stereocenters. The number of ether oxygens (including phenoxy) is 1. The highest BCUT2D eigenvalue weighted by atomic mass is 35.5. The lowest BCUT2D eigenvalue weighted by Gasteiger charge is -2.28. The van der Waals surface area contributed by atoms with Gasteiger partial charge in [-0.1, -0.05) is 30.3 Å². The smallest absolute Gasteiger partial charge is 0.210 e. The molecule has 1 amide bonds. The molecule has 2 rings (SSSR count). The van der Waals surface area contributed by atoms with Gasteiger partial charge in [0.1, 0.15) is 0 Å². The third-order valence-electron chi connectivity index (χ3n) is 4.35. The number of hydrogen-bond acceptors (Lipinski definition) is 2. The molecule has 2 aromatic rings. The fourth-order valence-corrected chi connectivity index (χ4v) is 3.18. The first-order chi connectivity index (χ1) is 12.6. The van der Waals surface area contributed by atoms with Crippen LogP contribution in [0.3, 0.4) is 0 Å². The summed E-state index contributed by atoms with van der Waals surface area (Å²) in [6, 6.07) is 5.47. The molecule has 1 N–H and O–H groups in total. The molecular weight excluding hydrogens is 348 g/mol. The minimum Gasteiger partial charge on any atom is -0.501 e. The van der Waals surface area contributed by atoms with Crippen molar-refractivity contribution in [1.82, 2.24) is 9.88 Å². The standard InChI is InChI=1S/C21H25ClN2O2/c1-5-16(9-8-12-26-7-3)21(24(6-2)14-25)20-15(4)18-13-17(22)10-11-19(18)23-20/h5,8-14,21,23H,1,6-7H2,2-4H3/b12-8+,16-9+. The van der Waals surface area contributed by atoms with Gasteiger partial charge >= 0.3 is 0 Å². The van der Waals surface area contributed by atoms with E-state index in [0.29, 0.717) is 18.2 Å². The van der Waals surface area contributed by atoms with Crippen molar-refractivity contribution >= 4 is 28.9 Å². The molecule has 0 radical (unpaired) electrons. The summed E-state index contributed by atoms with van der Waals surface area (Å²) in [6.07, 6.45) is 8.01. The monoisotopic (exact) mass is 372 g/mol. The summed E-state index contributed by atoms with van der Waals surface area (Å²) < 4.78 is 5.25. The Morgan fingerprint density at radius 1 is 1.42 bits per heavy atom. The maximum Gasteiger partial charge on any atom is 0.210 e. The number of likely N-dealkylation sites (N-methyl/N-ethyl adjacent to an activating group) is 1. The quantitative estimate of drug-likeness (QED) is 0.368. The molecule has 138 valence electrons. The fraction of sp³-hybridized carbons (Fsp3) is 0.286. The first kappa shape index (κ1) is 19.9. The zero-order valence-electron chi connectivity index (χ0n) is 15.5. The van der Waals surface area contributed by atoms with Crippen molar-refractivity contribution in [2.45, 2.75) is 26.8 Å². The van der Waals surface area contributed by atoms with Crippen molar-refractivity contribution in [1.29, 1.82) is 0 Å². The van der Waals surface area contributed by atoms with Gasteiger partial charge in [-0.25, -0.2) is 0 Å². The summed E-state index contributed by atoms with van der Waals surface area (Å²) >= 11 is 6.15. The number of carbonyl (C=O) groups excluding carboxylic acids is 1. The number of H-pyrrole nitrogens is 1. The fourth-order valence-electron chi connectivity index (χ4n) is 3.01. The molecule has 26 heavy (non-hydrogen) atoms. The molecular formula is C21H25ClN2O2. The number of aryl methyl sites for hydroxylation is 1. The van der Waals surface area contributed by atoms with E-state index in [0.717, 1.165) is 34.1 Å². The van der Waals surface area contributed by atoms with Crippen LogP contribution >= 0.6 is 11.6 Å². The Morgan fingerprint density at radius 3 is 2.81 bits per heavy atom. The van der Waals surface area contributed by atoms with Crippen LogP contribution in [-0.2, 0) is 9.53 Å². The lowest BCUT2D eigenvalue weighted by molar-refractivity contribution is -0.119. The molecule has 0 fully saturated rings. The van der Waals surface area contributed by atoms with Gasteiger partial charge in [-0.05, 0) is 56.2 Å². The molecule has 0 spiro atoms. The lowest BCUT2D eigenvalue weighted by Crippen LogP contribution is -2.29. The van der Waals surface area contributed by atoms with Crippen LogP contribution in [0.25, 0.3) is 10.9 Å². The van der Waals surface area contributed by atoms with E-state index < -0.39 is 0 Å². The molecule has 0 saturated carbocycles. The third-order valence-corrected chi connectivity index (χ3v) is 4.58. The van der Waals surface area contributed by atoms with Gasteiger partial charge in [-0.3, -0.25) is 4.79 Å². The number of amides is 1. The zero-order chi connectivity index (χ0) is 19.1. The number of nitrogens with one attached hydrogen (secondary N) is 1. The number of halogens is 1. The molecule has 5 heteroatoms. The predicted molar refractivity (Wildman–Crippen MR) is 108 cm³/mol. The van der Waals surface area contributed by atoms with Crippen molar-refractivity contribution in [2.75, 3.05) is 13.2 Å². The summed E-state index contributed by atoms with van der Waals surface area (Å²) in [4.78, 5) is 16.9. The highest BCUT2D eigenvalue weighted by molar-refractivity contribution is 6.31. The molecule has 0 aliphatic rings. The number of fused-ring (bicyclic) bond motifs is 1. The Balaban J connectivity index is 2.59. The number of rotatable bonds is 9. The van der Waals surface area contributed by atoms with E-state index in [4.69, 9.17) is 16.3 Å². The molecule has 1 aromatic heterocycles. The largest absolute Gasteiger partial charge is 0.501 e. The first-order valence-corrected chi connectivity index (χ1v) is 9.04. The van der Waals surface area contributed by atoms with Gasteiger partial charge in [-0.15, -0.1) is 0 Å². The van der Waals surface area contributed by atoms with Crippen LogP contribution in [0.1, 0.15) is 31.1 Å². The maximum absolute atomic E-state index is 11.7. The van der Waals surface area contributed by atoms with Gasteiger partial charge in [0.2, 0.25) is 6.41 Å². The van der Waals surface area contributed by atoms with E-state index in [9.17, 15) is 4.79 Å². The number of allylic oxidation sites excluding steroid dienone is 2. The van der Waals surface area contributed by atoms with E-state index >= 15 is 0 Å². The average Bonchev–Trinajstić information content (AvgIpc) is 2.96. The minimum atomic E-state index is -0.271. The molecule has 1 heterocycles. The van der Waals surface area contributed by atoms with Crippen molar-refractivity contribution in [3.8, 4) is 0 Å². The number of aromatic nitrogens is 1. The van der Waals surface area contributed by atoms with Gasteiger partial charge in [0.05, 0.1) is 18.9 Å². The van der Waals surface area contributed by atoms with Crippen LogP contribution < -0.4 is 0 Å². The molecule has 0 aliphatic carbocycles. The van der Waals surface area contributed by atoms with Crippen LogP contribution in [0.15, 0.2) is 54.8 Å².